The number of hydrogen-bond acceptors (Lipinski definition) is 4. The van der Waals surface area contributed by atoms with E-state index in [1.165, 1.54) is 18.6 Å². The summed E-state index contributed by atoms with van der Waals surface area (Å²) in [5, 5.41) is 7.56. The molecule has 1 fully saturated rings. The van der Waals surface area contributed by atoms with Crippen LogP contribution < -0.4 is 20.2 Å². The number of thiocarbonyl (C=S) groups is 1. The average Bonchev–Trinajstić information content (AvgIpc) is 2.60. The van der Waals surface area contributed by atoms with E-state index < -0.39 is 13.2 Å². The van der Waals surface area contributed by atoms with Crippen LogP contribution in [0.2, 0.25) is 0 Å². The summed E-state index contributed by atoms with van der Waals surface area (Å²) in [6.45, 7) is -4.65. The molecule has 0 saturated heterocycles. The second-order valence-electron chi connectivity index (χ2n) is 6.03. The number of halogens is 4. The molecule has 1 aliphatic rings. The Morgan fingerprint density at radius 1 is 1.11 bits per heavy atom. The molecule has 0 amide bonds. The lowest BCUT2D eigenvalue weighted by molar-refractivity contribution is -0.0543. The summed E-state index contributed by atoms with van der Waals surface area (Å²) in [4.78, 5) is 0. The van der Waals surface area contributed by atoms with Gasteiger partial charge in [-0.1, -0.05) is 19.3 Å². The fourth-order valence-corrected chi connectivity index (χ4v) is 3.04. The molecule has 0 radical (unpaired) electrons. The van der Waals surface area contributed by atoms with Crippen LogP contribution in [0.3, 0.4) is 0 Å². The highest BCUT2D eigenvalue weighted by Gasteiger charge is 2.16. The van der Waals surface area contributed by atoms with Gasteiger partial charge in [-0.25, -0.2) is 0 Å². The first-order valence-electron chi connectivity index (χ1n) is 8.50. The molecule has 0 bridgehead atoms. The molecule has 1 aliphatic carbocycles. The summed E-state index contributed by atoms with van der Waals surface area (Å²) in [5.74, 6) is -0.614. The quantitative estimate of drug-likeness (QED) is 0.304. The monoisotopic (exact) mass is 407 g/mol. The van der Waals surface area contributed by atoms with Gasteiger partial charge in [-0.2, -0.15) is 22.7 Å². The van der Waals surface area contributed by atoms with Gasteiger partial charge < -0.3 is 14.8 Å². The lowest BCUT2D eigenvalue weighted by atomic mass is 9.96. The molecule has 150 valence electrons. The average molecular weight is 407 g/mol. The second-order valence-corrected chi connectivity index (χ2v) is 6.44. The minimum absolute atomic E-state index is 0.199. The molecule has 0 heterocycles. The Bertz CT molecular complexity index is 668. The van der Waals surface area contributed by atoms with E-state index in [2.05, 4.69) is 25.3 Å². The van der Waals surface area contributed by atoms with Crippen molar-refractivity contribution in [3.8, 4) is 11.5 Å². The number of nitrogens with one attached hydrogen (secondary N) is 2. The van der Waals surface area contributed by atoms with Crippen molar-refractivity contribution >= 4 is 23.0 Å². The Morgan fingerprint density at radius 2 is 1.78 bits per heavy atom. The molecular formula is C17H21F4N3O2S. The zero-order valence-corrected chi connectivity index (χ0v) is 15.5. The van der Waals surface area contributed by atoms with Crippen LogP contribution in [0.5, 0.6) is 11.5 Å². The van der Waals surface area contributed by atoms with E-state index in [1.54, 1.807) is 6.92 Å². The van der Waals surface area contributed by atoms with Crippen LogP contribution in [0.15, 0.2) is 23.3 Å². The van der Waals surface area contributed by atoms with E-state index in [4.69, 9.17) is 12.2 Å². The van der Waals surface area contributed by atoms with Crippen molar-refractivity contribution in [2.75, 3.05) is 0 Å². The molecule has 1 aromatic rings. The third-order valence-corrected chi connectivity index (χ3v) is 4.26. The molecule has 1 aromatic carbocycles. The number of benzene rings is 1. The first kappa shape index (κ1) is 21.2. The topological polar surface area (TPSA) is 54.9 Å². The van der Waals surface area contributed by atoms with Gasteiger partial charge in [0.2, 0.25) is 0 Å². The molecular weight excluding hydrogens is 386 g/mol. The number of rotatable bonds is 7. The van der Waals surface area contributed by atoms with E-state index in [0.29, 0.717) is 10.8 Å². The van der Waals surface area contributed by atoms with Crippen LogP contribution in [0.4, 0.5) is 17.6 Å². The van der Waals surface area contributed by atoms with Crippen LogP contribution in [0.1, 0.15) is 44.6 Å². The van der Waals surface area contributed by atoms with Crippen LogP contribution in [-0.4, -0.2) is 30.1 Å². The molecule has 27 heavy (non-hydrogen) atoms. The van der Waals surface area contributed by atoms with Gasteiger partial charge in [-0.05, 0) is 44.1 Å². The van der Waals surface area contributed by atoms with Gasteiger partial charge in [0.15, 0.2) is 5.11 Å². The standard InChI is InChI=1S/C17H21F4N3O2S/c1-10(23-24-17(27)22-11-5-3-2-4-6-11)13-8-7-12(25-15(18)19)9-14(13)26-16(20)21/h7-9,11,15-16H,2-6H2,1H3,(H2,22,24,27). The molecule has 2 rings (SSSR count). The first-order chi connectivity index (χ1) is 12.8. The fourth-order valence-electron chi connectivity index (χ4n) is 2.83. The van der Waals surface area contributed by atoms with Crippen molar-refractivity contribution in [1.29, 1.82) is 0 Å². The summed E-state index contributed by atoms with van der Waals surface area (Å²) in [7, 11) is 0. The number of hydrazone groups is 1. The fraction of sp³-hybridized carbons (Fsp3) is 0.529. The molecule has 0 unspecified atom stereocenters. The smallest absolute Gasteiger partial charge is 0.387 e. The van der Waals surface area contributed by atoms with E-state index in [0.717, 1.165) is 31.7 Å². The molecule has 1 saturated carbocycles. The Labute approximate surface area is 160 Å². The number of ether oxygens (including phenoxy) is 2. The molecule has 0 aliphatic heterocycles. The summed E-state index contributed by atoms with van der Waals surface area (Å²) >= 11 is 5.19. The van der Waals surface area contributed by atoms with E-state index >= 15 is 0 Å². The summed E-state index contributed by atoms with van der Waals surface area (Å²) in [6.07, 6.45) is 5.56. The van der Waals surface area contributed by atoms with E-state index in [9.17, 15) is 17.6 Å². The van der Waals surface area contributed by atoms with Crippen molar-refractivity contribution in [3.05, 3.63) is 23.8 Å². The van der Waals surface area contributed by atoms with Gasteiger partial charge >= 0.3 is 13.2 Å². The minimum atomic E-state index is -3.12. The van der Waals surface area contributed by atoms with Crippen LogP contribution in [0.25, 0.3) is 0 Å². The summed E-state index contributed by atoms with van der Waals surface area (Å²) in [5.41, 5.74) is 3.16. The number of hydrogen-bond donors (Lipinski definition) is 2. The minimum Gasteiger partial charge on any atom is -0.435 e. The summed E-state index contributed by atoms with van der Waals surface area (Å²) in [6, 6.07) is 3.79. The molecule has 5 nitrogen and oxygen atoms in total. The van der Waals surface area contributed by atoms with Crippen molar-refractivity contribution in [2.24, 2.45) is 5.10 Å². The van der Waals surface area contributed by atoms with Gasteiger partial charge in [0.1, 0.15) is 11.5 Å². The maximum absolute atomic E-state index is 12.6. The zero-order valence-electron chi connectivity index (χ0n) is 14.7. The molecule has 0 aromatic heterocycles. The van der Waals surface area contributed by atoms with Gasteiger partial charge in [0.05, 0.1) is 5.71 Å². The highest BCUT2D eigenvalue weighted by atomic mass is 32.1. The molecule has 0 atom stereocenters. The zero-order chi connectivity index (χ0) is 19.8. The highest BCUT2D eigenvalue weighted by molar-refractivity contribution is 7.80. The van der Waals surface area contributed by atoms with Gasteiger partial charge in [0, 0.05) is 17.7 Å². The molecule has 2 N–H and O–H groups in total. The van der Waals surface area contributed by atoms with Crippen molar-refractivity contribution in [2.45, 2.75) is 58.3 Å². The van der Waals surface area contributed by atoms with Crippen LogP contribution in [-0.2, 0) is 0 Å². The van der Waals surface area contributed by atoms with Crippen LogP contribution >= 0.6 is 12.2 Å². The Balaban J connectivity index is 2.06. The van der Waals surface area contributed by atoms with Crippen molar-refractivity contribution in [1.82, 2.24) is 10.7 Å². The largest absolute Gasteiger partial charge is 0.435 e. The Hall–Kier alpha value is -2.10. The maximum atomic E-state index is 12.6. The Kier molecular flexibility index (Phi) is 8.08. The second kappa shape index (κ2) is 10.3. The van der Waals surface area contributed by atoms with Gasteiger partial charge in [0.25, 0.3) is 0 Å². The number of nitrogens with zero attached hydrogens (tertiary/aromatic N) is 1. The predicted octanol–water partition coefficient (Wildman–Crippen LogP) is 4.41. The van der Waals surface area contributed by atoms with Crippen LogP contribution in [0, 0.1) is 0 Å². The summed E-state index contributed by atoms with van der Waals surface area (Å²) < 4.78 is 58.5. The third-order valence-electron chi connectivity index (χ3n) is 4.05. The highest BCUT2D eigenvalue weighted by Crippen LogP contribution is 2.28. The molecule has 0 spiro atoms. The van der Waals surface area contributed by atoms with Crippen molar-refractivity contribution in [3.63, 3.8) is 0 Å². The SMILES string of the molecule is CC(=NNC(=S)NC1CCCCC1)c1ccc(OC(F)F)cc1OC(F)F. The maximum Gasteiger partial charge on any atom is 0.387 e. The Morgan fingerprint density at radius 3 is 2.41 bits per heavy atom. The number of alkyl halides is 4. The van der Waals surface area contributed by atoms with Gasteiger partial charge in [-0.3, -0.25) is 5.43 Å². The normalized spacial score (nSPS) is 15.7. The lowest BCUT2D eigenvalue weighted by Crippen LogP contribution is -2.41. The van der Waals surface area contributed by atoms with Gasteiger partial charge in [-0.15, -0.1) is 0 Å². The van der Waals surface area contributed by atoms with E-state index in [-0.39, 0.29) is 23.1 Å². The lowest BCUT2D eigenvalue weighted by Gasteiger charge is -2.23. The predicted molar refractivity (Wildman–Crippen MR) is 97.7 cm³/mol. The van der Waals surface area contributed by atoms with Crippen molar-refractivity contribution < 1.29 is 27.0 Å². The molecule has 10 heteroatoms. The van der Waals surface area contributed by atoms with E-state index in [1.807, 2.05) is 0 Å². The third kappa shape index (κ3) is 7.20. The first-order valence-corrected chi connectivity index (χ1v) is 8.91.